The van der Waals surface area contributed by atoms with Crippen LogP contribution < -0.4 is 10.5 Å². The maximum atomic E-state index is 13.7. The Morgan fingerprint density at radius 1 is 0.870 bits per heavy atom. The normalized spacial score (nSPS) is 11.2. The average Bonchev–Trinajstić information content (AvgIpc) is 3.53. The minimum atomic E-state index is -0.195. The molecule has 6 rings (SSSR count). The number of nitrogens with zero attached hydrogens (tertiary/aromatic N) is 7. The lowest BCUT2D eigenvalue weighted by molar-refractivity contribution is 0.0722. The van der Waals surface area contributed by atoms with E-state index in [0.29, 0.717) is 60.9 Å². The molecule has 6 aromatic rings. The molecule has 0 fully saturated rings. The first kappa shape index (κ1) is 30.5. The van der Waals surface area contributed by atoms with Gasteiger partial charge < -0.3 is 14.4 Å². The van der Waals surface area contributed by atoms with Crippen molar-refractivity contribution in [3.8, 4) is 22.5 Å². The monoisotopic (exact) mass is 615 g/mol. The van der Waals surface area contributed by atoms with E-state index in [1.807, 2.05) is 79.8 Å². The van der Waals surface area contributed by atoms with E-state index >= 15 is 0 Å². The maximum absolute atomic E-state index is 13.7. The quantitative estimate of drug-likeness (QED) is 0.183. The summed E-state index contributed by atoms with van der Waals surface area (Å²) < 4.78 is 14.0. The zero-order valence-corrected chi connectivity index (χ0v) is 25.6. The number of ether oxygens (including phenoxy) is 2. The van der Waals surface area contributed by atoms with E-state index in [2.05, 4.69) is 20.5 Å². The Labute approximate surface area is 265 Å². The Kier molecular flexibility index (Phi) is 9.32. The largest absolute Gasteiger partial charge is 0.382 e. The number of carbonyl (C=O) groups excluding carboxylic acids is 1. The average molecular weight is 616 g/mol. The molecule has 4 aromatic carbocycles. The second-order valence-electron chi connectivity index (χ2n) is 10.7. The Hall–Kier alpha value is -5.52. The van der Waals surface area contributed by atoms with E-state index in [-0.39, 0.29) is 11.5 Å². The van der Waals surface area contributed by atoms with Crippen LogP contribution >= 0.6 is 0 Å². The first-order valence-corrected chi connectivity index (χ1v) is 14.9. The lowest BCUT2D eigenvalue weighted by atomic mass is 9.98. The molecule has 11 nitrogen and oxygen atoms in total. The van der Waals surface area contributed by atoms with E-state index in [1.165, 1.54) is 0 Å². The summed E-state index contributed by atoms with van der Waals surface area (Å²) in [6, 6.07) is 30.4. The van der Waals surface area contributed by atoms with Gasteiger partial charge in [-0.2, -0.15) is 0 Å². The van der Waals surface area contributed by atoms with Gasteiger partial charge in [0.2, 0.25) is 0 Å². The number of rotatable bonds is 12. The van der Waals surface area contributed by atoms with Crippen LogP contribution in [0.5, 0.6) is 0 Å². The number of tetrazole rings is 1. The topological polar surface area (TPSA) is 117 Å². The predicted octanol–water partition coefficient (Wildman–Crippen LogP) is 4.61. The van der Waals surface area contributed by atoms with Crippen LogP contribution in [0, 0.1) is 0 Å². The van der Waals surface area contributed by atoms with Crippen LogP contribution in [-0.4, -0.2) is 69.1 Å². The number of anilines is 1. The first-order valence-electron chi connectivity index (χ1n) is 14.9. The number of amides is 1. The van der Waals surface area contributed by atoms with Gasteiger partial charge >= 0.3 is 0 Å². The van der Waals surface area contributed by atoms with Gasteiger partial charge in [-0.25, -0.2) is 9.67 Å². The molecule has 0 aliphatic carbocycles. The van der Waals surface area contributed by atoms with Crippen molar-refractivity contribution in [1.82, 2.24) is 29.8 Å². The third-order valence-corrected chi connectivity index (χ3v) is 7.68. The van der Waals surface area contributed by atoms with E-state index in [4.69, 9.17) is 9.47 Å². The summed E-state index contributed by atoms with van der Waals surface area (Å²) in [7, 11) is 3.42. The van der Waals surface area contributed by atoms with E-state index in [9.17, 15) is 9.59 Å². The molecule has 0 saturated carbocycles. The number of hydrogen-bond acceptors (Lipinski definition) is 8. The van der Waals surface area contributed by atoms with Crippen LogP contribution in [0.15, 0.2) is 108 Å². The molecule has 1 amide bonds. The van der Waals surface area contributed by atoms with Gasteiger partial charge in [0.25, 0.3) is 11.5 Å². The summed E-state index contributed by atoms with van der Waals surface area (Å²) in [5.41, 5.74) is 5.37. The molecule has 0 radical (unpaired) electrons. The van der Waals surface area contributed by atoms with E-state index in [1.54, 1.807) is 51.9 Å². The fourth-order valence-corrected chi connectivity index (χ4v) is 5.29. The molecule has 11 heteroatoms. The van der Waals surface area contributed by atoms with Crippen LogP contribution in [0.1, 0.15) is 15.9 Å². The molecule has 0 unspecified atom stereocenters. The molecular weight excluding hydrogens is 582 g/mol. The van der Waals surface area contributed by atoms with Gasteiger partial charge in [-0.05, 0) is 57.4 Å². The standard InChI is InChI=1S/C35H33N7O4/c1-40-33(37-38-39-40)30-11-7-6-10-29(30)26-14-12-25(13-15-26)23-41-24-36-32-17-16-28(22-31(32)35(41)44)42(18-19-46-21-20-45-2)34(43)27-8-4-3-5-9-27/h3-17,22,24H,18-21,23H2,1-2H3. The van der Waals surface area contributed by atoms with Crippen molar-refractivity contribution in [3.63, 3.8) is 0 Å². The zero-order valence-electron chi connectivity index (χ0n) is 25.6. The lowest BCUT2D eigenvalue weighted by Crippen LogP contribution is -2.34. The van der Waals surface area contributed by atoms with Crippen LogP contribution in [-0.2, 0) is 23.1 Å². The number of carbonyl (C=O) groups is 1. The van der Waals surface area contributed by atoms with E-state index < -0.39 is 0 Å². The Morgan fingerprint density at radius 3 is 2.37 bits per heavy atom. The molecule has 0 aliphatic heterocycles. The zero-order chi connectivity index (χ0) is 31.9. The molecule has 2 heterocycles. The van der Waals surface area contributed by atoms with Crippen molar-refractivity contribution < 1.29 is 14.3 Å². The molecule has 0 spiro atoms. The van der Waals surface area contributed by atoms with Crippen molar-refractivity contribution in [2.75, 3.05) is 38.4 Å². The predicted molar refractivity (Wildman–Crippen MR) is 176 cm³/mol. The number of aryl methyl sites for hydroxylation is 1. The summed E-state index contributed by atoms with van der Waals surface area (Å²) in [6.07, 6.45) is 1.56. The van der Waals surface area contributed by atoms with Crippen LogP contribution in [0.4, 0.5) is 5.69 Å². The molecule has 0 bridgehead atoms. The number of methoxy groups -OCH3 is 1. The molecule has 0 aliphatic rings. The number of fused-ring (bicyclic) bond motifs is 1. The SMILES string of the molecule is COCCOCCN(C(=O)c1ccccc1)c1ccc2ncn(Cc3ccc(-c4ccccc4-c4nnnn4C)cc3)c(=O)c2c1. The number of hydrogen-bond donors (Lipinski definition) is 0. The van der Waals surface area contributed by atoms with Crippen molar-refractivity contribution >= 4 is 22.5 Å². The minimum absolute atomic E-state index is 0.184. The van der Waals surface area contributed by atoms with Gasteiger partial charge in [0, 0.05) is 37.5 Å². The number of benzene rings is 4. The second-order valence-corrected chi connectivity index (χ2v) is 10.7. The first-order chi connectivity index (χ1) is 22.5. The molecule has 2 aromatic heterocycles. The fourth-order valence-electron chi connectivity index (χ4n) is 5.29. The Morgan fingerprint density at radius 2 is 1.63 bits per heavy atom. The summed E-state index contributed by atoms with van der Waals surface area (Å²) in [5.74, 6) is 0.493. The van der Waals surface area contributed by atoms with E-state index in [0.717, 1.165) is 22.3 Å². The highest BCUT2D eigenvalue weighted by molar-refractivity contribution is 6.06. The van der Waals surface area contributed by atoms with Crippen LogP contribution in [0.3, 0.4) is 0 Å². The fraction of sp³-hybridized carbons (Fsp3) is 0.200. The summed E-state index contributed by atoms with van der Waals surface area (Å²) in [5, 5.41) is 12.3. The van der Waals surface area contributed by atoms with Gasteiger partial charge in [-0.1, -0.05) is 66.7 Å². The summed E-state index contributed by atoms with van der Waals surface area (Å²) in [4.78, 5) is 33.5. The lowest BCUT2D eigenvalue weighted by Gasteiger charge is -2.23. The Bertz CT molecular complexity index is 2010. The third-order valence-electron chi connectivity index (χ3n) is 7.68. The smallest absolute Gasteiger partial charge is 0.261 e. The second kappa shape index (κ2) is 14.1. The summed E-state index contributed by atoms with van der Waals surface area (Å²) in [6.45, 7) is 1.83. The highest BCUT2D eigenvalue weighted by Gasteiger charge is 2.19. The van der Waals surface area contributed by atoms with Crippen molar-refractivity contribution in [1.29, 1.82) is 0 Å². The minimum Gasteiger partial charge on any atom is -0.382 e. The third kappa shape index (κ3) is 6.60. The van der Waals surface area contributed by atoms with Gasteiger partial charge in [0.05, 0.1) is 43.6 Å². The molecule has 46 heavy (non-hydrogen) atoms. The molecule has 232 valence electrons. The van der Waals surface area contributed by atoms with Gasteiger partial charge in [0.15, 0.2) is 5.82 Å². The van der Waals surface area contributed by atoms with Gasteiger partial charge in [-0.3, -0.25) is 14.2 Å². The number of aromatic nitrogens is 6. The highest BCUT2D eigenvalue weighted by Crippen LogP contribution is 2.30. The molecular formula is C35H33N7O4. The van der Waals surface area contributed by atoms with Gasteiger partial charge in [-0.15, -0.1) is 5.10 Å². The molecule has 0 N–H and O–H groups in total. The van der Waals surface area contributed by atoms with Crippen molar-refractivity contribution in [3.05, 3.63) is 125 Å². The maximum Gasteiger partial charge on any atom is 0.261 e. The van der Waals surface area contributed by atoms with Crippen molar-refractivity contribution in [2.24, 2.45) is 7.05 Å². The summed E-state index contributed by atoms with van der Waals surface area (Å²) >= 11 is 0. The Balaban J connectivity index is 1.26. The molecule has 0 saturated heterocycles. The van der Waals surface area contributed by atoms with Crippen LogP contribution in [0.2, 0.25) is 0 Å². The van der Waals surface area contributed by atoms with Gasteiger partial charge in [0.1, 0.15) is 0 Å². The van der Waals surface area contributed by atoms with Crippen LogP contribution in [0.25, 0.3) is 33.4 Å². The highest BCUT2D eigenvalue weighted by atomic mass is 16.5. The van der Waals surface area contributed by atoms with Crippen molar-refractivity contribution in [2.45, 2.75) is 6.54 Å². The molecule has 0 atom stereocenters.